The standard InChI is InChI=1S/C46H73N7O12/c1-30(2)40(43(61)52-35(16-13-23-48-44(47)62)41(59)50-33-19-17-32(18-20-33)25-64-31(3)54)53-42(60)36(21-22-39(57)58)51-37(55)24-45(4,5)28-63-29-46(6,7)27-49-38(56)26-65-34-14-11-9-8-10-12-15-34/h11,14,17-20,30,34-36,40H,8-10,12-13,15-16,21-29H2,1-7H3,(H,49,56)(H,50,59)(H,51,55)(H,52,61)(H,53,60)(H,57,58)(H3,47,48,62)/b14-11-/t34?,35-,36-,40-/m0/s1. The number of hydrogen-bond donors (Lipinski definition) is 8. The second kappa shape index (κ2) is 28.4. The molecule has 0 aliphatic heterocycles. The fraction of sp³-hybridized carbons (Fsp3) is 0.652. The van der Waals surface area contributed by atoms with Crippen molar-refractivity contribution in [2.45, 2.75) is 144 Å². The molecule has 19 heteroatoms. The molecule has 0 fully saturated rings. The maximum Gasteiger partial charge on any atom is 0.312 e. The highest BCUT2D eigenvalue weighted by atomic mass is 16.5. The predicted octanol–water partition coefficient (Wildman–Crippen LogP) is 3.59. The van der Waals surface area contributed by atoms with Crippen molar-refractivity contribution < 1.29 is 57.7 Å². The first-order valence-electron chi connectivity index (χ1n) is 22.4. The van der Waals surface area contributed by atoms with Gasteiger partial charge in [0.25, 0.3) is 0 Å². The average molecular weight is 916 g/mol. The van der Waals surface area contributed by atoms with Gasteiger partial charge < -0.3 is 57.0 Å². The Hall–Kier alpha value is -5.56. The average Bonchev–Trinajstić information content (AvgIpc) is 3.20. The molecule has 1 aliphatic carbocycles. The summed E-state index contributed by atoms with van der Waals surface area (Å²) < 4.78 is 16.8. The van der Waals surface area contributed by atoms with Gasteiger partial charge in [0.05, 0.1) is 19.3 Å². The molecule has 0 radical (unpaired) electrons. The van der Waals surface area contributed by atoms with E-state index in [1.54, 1.807) is 38.1 Å². The Morgan fingerprint density at radius 2 is 1.49 bits per heavy atom. The monoisotopic (exact) mass is 916 g/mol. The van der Waals surface area contributed by atoms with Crippen LogP contribution in [0.25, 0.3) is 0 Å². The molecule has 364 valence electrons. The zero-order chi connectivity index (χ0) is 48.6. The highest BCUT2D eigenvalue weighted by Crippen LogP contribution is 2.24. The van der Waals surface area contributed by atoms with Crippen LogP contribution in [-0.2, 0) is 54.4 Å². The van der Waals surface area contributed by atoms with Crippen LogP contribution in [0.15, 0.2) is 36.4 Å². The van der Waals surface area contributed by atoms with E-state index in [1.807, 2.05) is 33.8 Å². The molecule has 0 saturated heterocycles. The topological polar surface area (TPSA) is 283 Å². The van der Waals surface area contributed by atoms with Crippen LogP contribution in [-0.4, -0.2) is 110 Å². The quantitative estimate of drug-likeness (QED) is 0.0340. The number of anilines is 1. The Bertz CT molecular complexity index is 1770. The molecule has 0 bridgehead atoms. The van der Waals surface area contributed by atoms with Crippen molar-refractivity contribution in [1.29, 1.82) is 0 Å². The highest BCUT2D eigenvalue weighted by molar-refractivity contribution is 5.99. The van der Waals surface area contributed by atoms with Crippen LogP contribution in [0.4, 0.5) is 10.5 Å². The fourth-order valence-electron chi connectivity index (χ4n) is 6.70. The van der Waals surface area contributed by atoms with Crippen molar-refractivity contribution in [2.24, 2.45) is 22.5 Å². The molecule has 4 atom stereocenters. The number of primary amides is 1. The number of hydrogen-bond acceptors (Lipinski definition) is 11. The smallest absolute Gasteiger partial charge is 0.312 e. The zero-order valence-corrected chi connectivity index (χ0v) is 39.2. The molecular weight excluding hydrogens is 843 g/mol. The molecule has 2 rings (SSSR count). The third kappa shape index (κ3) is 24.3. The van der Waals surface area contributed by atoms with E-state index < -0.39 is 82.9 Å². The lowest BCUT2D eigenvalue weighted by molar-refractivity contribution is -0.142. The number of carbonyl (C=O) groups is 8. The predicted molar refractivity (Wildman–Crippen MR) is 243 cm³/mol. The van der Waals surface area contributed by atoms with Gasteiger partial charge in [-0.05, 0) is 67.6 Å². The van der Waals surface area contributed by atoms with E-state index in [2.05, 4.69) is 38.0 Å². The second-order valence-corrected chi connectivity index (χ2v) is 18.4. The van der Waals surface area contributed by atoms with Crippen molar-refractivity contribution in [3.8, 4) is 0 Å². The van der Waals surface area contributed by atoms with Gasteiger partial charge in [-0.15, -0.1) is 0 Å². The van der Waals surface area contributed by atoms with E-state index in [1.165, 1.54) is 13.3 Å². The van der Waals surface area contributed by atoms with Crippen LogP contribution in [0.5, 0.6) is 0 Å². The number of carbonyl (C=O) groups excluding carboxylic acids is 7. The van der Waals surface area contributed by atoms with E-state index >= 15 is 0 Å². The van der Waals surface area contributed by atoms with Gasteiger partial charge in [0.1, 0.15) is 31.3 Å². The van der Waals surface area contributed by atoms with Gasteiger partial charge >= 0.3 is 18.0 Å². The van der Waals surface area contributed by atoms with Gasteiger partial charge in [0.15, 0.2) is 0 Å². The maximum atomic E-state index is 13.8. The summed E-state index contributed by atoms with van der Waals surface area (Å²) >= 11 is 0. The Morgan fingerprint density at radius 1 is 0.815 bits per heavy atom. The Balaban J connectivity index is 2.03. The summed E-state index contributed by atoms with van der Waals surface area (Å²) in [7, 11) is 0. The second-order valence-electron chi connectivity index (χ2n) is 18.4. The van der Waals surface area contributed by atoms with Crippen LogP contribution in [0.3, 0.4) is 0 Å². The summed E-state index contributed by atoms with van der Waals surface area (Å²) in [4.78, 5) is 101. The van der Waals surface area contributed by atoms with E-state index in [4.69, 9.17) is 19.9 Å². The van der Waals surface area contributed by atoms with Crippen molar-refractivity contribution in [3.05, 3.63) is 42.0 Å². The molecule has 7 amide bonds. The van der Waals surface area contributed by atoms with Crippen LogP contribution in [0.1, 0.15) is 118 Å². The molecular formula is C46H73N7O12. The normalized spacial score (nSPS) is 16.0. The molecule has 1 aromatic carbocycles. The number of allylic oxidation sites excluding steroid dienone is 1. The molecule has 1 aliphatic rings. The number of esters is 1. The van der Waals surface area contributed by atoms with E-state index in [0.717, 1.165) is 25.7 Å². The van der Waals surface area contributed by atoms with Crippen LogP contribution < -0.4 is 37.6 Å². The summed E-state index contributed by atoms with van der Waals surface area (Å²) in [6.45, 7) is 13.0. The number of carboxylic acids is 1. The van der Waals surface area contributed by atoms with Gasteiger partial charge in [0, 0.05) is 44.0 Å². The Labute approximate surface area is 382 Å². The molecule has 1 unspecified atom stereocenters. The van der Waals surface area contributed by atoms with Gasteiger partial charge in [-0.2, -0.15) is 0 Å². The maximum absolute atomic E-state index is 13.8. The number of nitrogens with two attached hydrogens (primary N) is 1. The summed E-state index contributed by atoms with van der Waals surface area (Å²) in [5.41, 5.74) is 5.09. The summed E-state index contributed by atoms with van der Waals surface area (Å²) in [6.07, 6.45) is 8.86. The first-order chi connectivity index (χ1) is 30.6. The molecule has 1 aromatic rings. The first-order valence-corrected chi connectivity index (χ1v) is 22.4. The van der Waals surface area contributed by atoms with E-state index in [9.17, 15) is 43.5 Å². The highest BCUT2D eigenvalue weighted by Gasteiger charge is 2.33. The third-order valence-electron chi connectivity index (χ3n) is 10.3. The minimum atomic E-state index is -1.32. The van der Waals surface area contributed by atoms with Crippen LogP contribution >= 0.6 is 0 Å². The largest absolute Gasteiger partial charge is 0.481 e. The fourth-order valence-corrected chi connectivity index (χ4v) is 6.70. The number of carboxylic acid groups (broad SMARTS) is 1. The van der Waals surface area contributed by atoms with Crippen molar-refractivity contribution >= 4 is 53.2 Å². The Kier molecular flexibility index (Phi) is 24.3. The molecule has 0 heterocycles. The minimum Gasteiger partial charge on any atom is -0.481 e. The van der Waals surface area contributed by atoms with E-state index in [0.29, 0.717) is 17.8 Å². The molecule has 9 N–H and O–H groups in total. The van der Waals surface area contributed by atoms with Crippen molar-refractivity contribution in [2.75, 3.05) is 38.2 Å². The number of ether oxygens (including phenoxy) is 3. The number of aliphatic carboxylic acids is 1. The summed E-state index contributed by atoms with van der Waals surface area (Å²) in [6, 6.07) is 2.09. The van der Waals surface area contributed by atoms with Crippen molar-refractivity contribution in [3.63, 3.8) is 0 Å². The van der Waals surface area contributed by atoms with Gasteiger partial charge in [-0.3, -0.25) is 33.6 Å². The number of benzene rings is 1. The number of amides is 7. The molecule has 65 heavy (non-hydrogen) atoms. The Morgan fingerprint density at radius 3 is 2.14 bits per heavy atom. The molecule has 0 saturated carbocycles. The van der Waals surface area contributed by atoms with Gasteiger partial charge in [0.2, 0.25) is 29.5 Å². The van der Waals surface area contributed by atoms with Gasteiger partial charge in [-0.25, -0.2) is 4.79 Å². The van der Waals surface area contributed by atoms with Gasteiger partial charge in [-0.1, -0.05) is 78.7 Å². The third-order valence-corrected chi connectivity index (χ3v) is 10.3. The molecule has 0 spiro atoms. The van der Waals surface area contributed by atoms with E-state index in [-0.39, 0.29) is 70.7 Å². The lowest BCUT2D eigenvalue weighted by atomic mass is 9.89. The van der Waals surface area contributed by atoms with Crippen LogP contribution in [0.2, 0.25) is 0 Å². The molecule has 0 aromatic heterocycles. The number of nitrogens with one attached hydrogen (secondary N) is 6. The van der Waals surface area contributed by atoms with Crippen LogP contribution in [0, 0.1) is 16.7 Å². The summed E-state index contributed by atoms with van der Waals surface area (Å²) in [5, 5.41) is 25.5. The number of urea groups is 1. The van der Waals surface area contributed by atoms with Crippen molar-refractivity contribution in [1.82, 2.24) is 26.6 Å². The lowest BCUT2D eigenvalue weighted by Gasteiger charge is -2.30. The zero-order valence-electron chi connectivity index (χ0n) is 39.2. The lowest BCUT2D eigenvalue weighted by Crippen LogP contribution is -2.58. The minimum absolute atomic E-state index is 0.0391. The number of rotatable bonds is 28. The SMILES string of the molecule is CC(=O)OCc1ccc(NC(=O)[C@H](CCCNC(N)=O)NC(=O)[C@@H](NC(=O)[C@H](CCC(=O)O)NC(=O)CC(C)(C)COCC(C)(C)CNC(=O)COC2/C=C\CCCCC2)C(C)C)cc1. The first kappa shape index (κ1) is 55.6. The molecule has 19 nitrogen and oxygen atoms in total. The summed E-state index contributed by atoms with van der Waals surface area (Å²) in [5.74, 6) is -5.01.